The zero-order valence-electron chi connectivity index (χ0n) is 9.59. The Bertz CT molecular complexity index is 341. The molecule has 1 aliphatic carbocycles. The summed E-state index contributed by atoms with van der Waals surface area (Å²) >= 11 is 0. The molecule has 94 valence electrons. The summed E-state index contributed by atoms with van der Waals surface area (Å²) < 4.78 is 33.9. The SMILES string of the molecule is CO[C@@H]1C[C@H]2CSS(=O)(=O)C[C@@H]2C[C@H]1OC. The lowest BCUT2D eigenvalue weighted by Gasteiger charge is -2.41. The van der Waals surface area contributed by atoms with E-state index in [1.54, 1.807) is 14.2 Å². The summed E-state index contributed by atoms with van der Waals surface area (Å²) in [6, 6.07) is 0. The Labute approximate surface area is 100 Å². The van der Waals surface area contributed by atoms with Crippen molar-refractivity contribution in [3.8, 4) is 0 Å². The molecule has 0 aromatic rings. The summed E-state index contributed by atoms with van der Waals surface area (Å²) in [6.45, 7) is 0. The van der Waals surface area contributed by atoms with Gasteiger partial charge in [0, 0.05) is 20.0 Å². The zero-order valence-corrected chi connectivity index (χ0v) is 11.2. The van der Waals surface area contributed by atoms with Crippen molar-refractivity contribution in [2.24, 2.45) is 11.8 Å². The van der Waals surface area contributed by atoms with Crippen molar-refractivity contribution in [3.63, 3.8) is 0 Å². The Kier molecular flexibility index (Phi) is 3.83. The third-order valence-corrected chi connectivity index (χ3v) is 7.29. The molecule has 2 fully saturated rings. The van der Waals surface area contributed by atoms with Crippen molar-refractivity contribution in [1.29, 1.82) is 0 Å². The van der Waals surface area contributed by atoms with Gasteiger partial charge in [0.2, 0.25) is 8.87 Å². The normalized spacial score (nSPS) is 42.6. The van der Waals surface area contributed by atoms with Gasteiger partial charge in [0.05, 0.1) is 18.0 Å². The van der Waals surface area contributed by atoms with Crippen LogP contribution in [0.3, 0.4) is 0 Å². The molecule has 4 nitrogen and oxygen atoms in total. The maximum atomic E-state index is 11.5. The van der Waals surface area contributed by atoms with Gasteiger partial charge in [0.15, 0.2) is 0 Å². The first-order chi connectivity index (χ1) is 7.55. The minimum absolute atomic E-state index is 0.0459. The summed E-state index contributed by atoms with van der Waals surface area (Å²) in [4.78, 5) is 0. The van der Waals surface area contributed by atoms with Gasteiger partial charge in [-0.1, -0.05) is 0 Å². The highest BCUT2D eigenvalue weighted by Gasteiger charge is 2.42. The van der Waals surface area contributed by atoms with Crippen LogP contribution in [-0.4, -0.2) is 46.4 Å². The largest absolute Gasteiger partial charge is 0.379 e. The average Bonchev–Trinajstić information content (AvgIpc) is 2.26. The van der Waals surface area contributed by atoms with Crippen LogP contribution in [0.4, 0.5) is 0 Å². The third kappa shape index (κ3) is 2.55. The smallest absolute Gasteiger partial charge is 0.201 e. The highest BCUT2D eigenvalue weighted by Crippen LogP contribution is 2.41. The quantitative estimate of drug-likeness (QED) is 0.701. The average molecular weight is 266 g/mol. The lowest BCUT2D eigenvalue weighted by molar-refractivity contribution is -0.0812. The van der Waals surface area contributed by atoms with E-state index < -0.39 is 8.87 Å². The standard InChI is InChI=1S/C10H18O4S2/c1-13-9-3-7-5-15-16(11,12)6-8(7)4-10(9)14-2/h7-10H,3-6H2,1-2H3/t7-,8-,9+,10+/m0/s1. The predicted octanol–water partition coefficient (Wildman–Crippen LogP) is 1.12. The fraction of sp³-hybridized carbons (Fsp3) is 1.00. The van der Waals surface area contributed by atoms with Crippen LogP contribution in [0.15, 0.2) is 0 Å². The van der Waals surface area contributed by atoms with Crippen molar-refractivity contribution in [2.45, 2.75) is 25.0 Å². The molecule has 1 aliphatic heterocycles. The summed E-state index contributed by atoms with van der Waals surface area (Å²) in [5.74, 6) is 1.73. The van der Waals surface area contributed by atoms with E-state index in [1.807, 2.05) is 0 Å². The Morgan fingerprint density at radius 3 is 2.19 bits per heavy atom. The molecule has 2 aliphatic rings. The molecule has 0 radical (unpaired) electrons. The second-order valence-electron chi connectivity index (χ2n) is 4.55. The molecule has 0 bridgehead atoms. The van der Waals surface area contributed by atoms with Crippen molar-refractivity contribution in [1.82, 2.24) is 0 Å². The third-order valence-electron chi connectivity index (χ3n) is 3.64. The topological polar surface area (TPSA) is 52.6 Å². The molecule has 0 aromatic heterocycles. The lowest BCUT2D eigenvalue weighted by Crippen LogP contribution is -2.45. The first-order valence-corrected chi connectivity index (χ1v) is 8.64. The minimum atomic E-state index is -2.89. The molecule has 1 saturated heterocycles. The van der Waals surface area contributed by atoms with E-state index >= 15 is 0 Å². The number of rotatable bonds is 2. The summed E-state index contributed by atoms with van der Waals surface area (Å²) in [5.41, 5.74) is 0. The van der Waals surface area contributed by atoms with Crippen molar-refractivity contribution < 1.29 is 17.9 Å². The molecule has 1 saturated carbocycles. The number of methoxy groups -OCH3 is 2. The van der Waals surface area contributed by atoms with E-state index in [9.17, 15) is 8.42 Å². The molecule has 0 unspecified atom stereocenters. The zero-order chi connectivity index (χ0) is 11.8. The van der Waals surface area contributed by atoms with Crippen molar-refractivity contribution in [3.05, 3.63) is 0 Å². The molecule has 16 heavy (non-hydrogen) atoms. The highest BCUT2D eigenvalue weighted by molar-refractivity contribution is 8.72. The van der Waals surface area contributed by atoms with E-state index in [0.717, 1.165) is 23.6 Å². The Morgan fingerprint density at radius 1 is 1.06 bits per heavy atom. The van der Waals surface area contributed by atoms with Crippen LogP contribution in [0.5, 0.6) is 0 Å². The van der Waals surface area contributed by atoms with Gasteiger partial charge in [-0.2, -0.15) is 0 Å². The molecular formula is C10H18O4S2. The summed E-state index contributed by atoms with van der Waals surface area (Å²) in [7, 11) is 1.58. The van der Waals surface area contributed by atoms with Gasteiger partial charge in [-0.25, -0.2) is 8.42 Å². The van der Waals surface area contributed by atoms with Gasteiger partial charge >= 0.3 is 0 Å². The number of hydrogen-bond acceptors (Lipinski definition) is 5. The molecule has 0 spiro atoms. The molecule has 0 amide bonds. The van der Waals surface area contributed by atoms with E-state index in [1.165, 1.54) is 0 Å². The monoisotopic (exact) mass is 266 g/mol. The summed E-state index contributed by atoms with van der Waals surface area (Å²) in [6.07, 6.45) is 1.89. The Morgan fingerprint density at radius 2 is 1.62 bits per heavy atom. The fourth-order valence-electron chi connectivity index (χ4n) is 2.69. The van der Waals surface area contributed by atoms with Crippen LogP contribution >= 0.6 is 10.8 Å². The Balaban J connectivity index is 2.08. The van der Waals surface area contributed by atoms with Gasteiger partial charge in [-0.15, -0.1) is 0 Å². The minimum Gasteiger partial charge on any atom is -0.379 e. The van der Waals surface area contributed by atoms with Crippen molar-refractivity contribution in [2.75, 3.05) is 25.7 Å². The van der Waals surface area contributed by atoms with E-state index in [0.29, 0.717) is 17.4 Å². The molecule has 0 aromatic carbocycles. The fourth-order valence-corrected chi connectivity index (χ4v) is 6.47. The summed E-state index contributed by atoms with van der Waals surface area (Å²) in [5, 5.41) is 0. The number of fused-ring (bicyclic) bond motifs is 1. The second kappa shape index (κ2) is 4.84. The van der Waals surface area contributed by atoms with Crippen LogP contribution < -0.4 is 0 Å². The van der Waals surface area contributed by atoms with Gasteiger partial charge in [0.25, 0.3) is 0 Å². The highest BCUT2D eigenvalue weighted by atomic mass is 33.1. The van der Waals surface area contributed by atoms with Gasteiger partial charge in [-0.05, 0) is 35.5 Å². The predicted molar refractivity (Wildman–Crippen MR) is 64.1 cm³/mol. The molecule has 4 atom stereocenters. The van der Waals surface area contributed by atoms with Gasteiger partial charge in [-0.3, -0.25) is 0 Å². The molecule has 6 heteroatoms. The molecule has 2 rings (SSSR count). The van der Waals surface area contributed by atoms with Crippen LogP contribution in [-0.2, 0) is 18.3 Å². The lowest BCUT2D eigenvalue weighted by atomic mass is 9.78. The molecule has 1 heterocycles. The first kappa shape index (κ1) is 12.7. The molecule has 0 N–H and O–H groups in total. The van der Waals surface area contributed by atoms with E-state index in [4.69, 9.17) is 9.47 Å². The van der Waals surface area contributed by atoms with Crippen LogP contribution in [0.1, 0.15) is 12.8 Å². The first-order valence-electron chi connectivity index (χ1n) is 5.48. The van der Waals surface area contributed by atoms with Gasteiger partial charge < -0.3 is 9.47 Å². The van der Waals surface area contributed by atoms with Crippen LogP contribution in [0, 0.1) is 11.8 Å². The van der Waals surface area contributed by atoms with Crippen LogP contribution in [0.25, 0.3) is 0 Å². The number of ether oxygens (including phenoxy) is 2. The van der Waals surface area contributed by atoms with E-state index in [2.05, 4.69) is 0 Å². The van der Waals surface area contributed by atoms with Gasteiger partial charge in [0.1, 0.15) is 0 Å². The Hall–Kier alpha value is 0.220. The van der Waals surface area contributed by atoms with Crippen molar-refractivity contribution >= 4 is 19.7 Å². The van der Waals surface area contributed by atoms with Crippen LogP contribution in [0.2, 0.25) is 0 Å². The van der Waals surface area contributed by atoms with E-state index in [-0.39, 0.29) is 18.1 Å². The number of hydrogen-bond donors (Lipinski definition) is 0. The second-order valence-corrected chi connectivity index (χ2v) is 8.80. The maximum absolute atomic E-state index is 11.5. The maximum Gasteiger partial charge on any atom is 0.201 e. The molecular weight excluding hydrogens is 248 g/mol.